The van der Waals surface area contributed by atoms with Crippen molar-refractivity contribution in [1.82, 2.24) is 15.1 Å². The monoisotopic (exact) mass is 451 g/mol. The van der Waals surface area contributed by atoms with Crippen LogP contribution in [0.15, 0.2) is 53.3 Å². The Morgan fingerprint density at radius 2 is 1.85 bits per heavy atom. The minimum Gasteiger partial charge on any atom is -0.493 e. The molecule has 2 aromatic carbocycles. The predicted octanol–water partition coefficient (Wildman–Crippen LogP) is 3.34. The van der Waals surface area contributed by atoms with Crippen LogP contribution in [0, 0.1) is 13.8 Å². The molecule has 8 nitrogen and oxygen atoms in total. The Labute approximate surface area is 193 Å². The molecule has 3 aromatic rings. The van der Waals surface area contributed by atoms with Gasteiger partial charge in [-0.1, -0.05) is 12.1 Å². The van der Waals surface area contributed by atoms with E-state index in [1.54, 1.807) is 14.0 Å². The molecular formula is C25H29N3O5. The molecule has 0 saturated carbocycles. The lowest BCUT2D eigenvalue weighted by atomic mass is 10.1. The van der Waals surface area contributed by atoms with Crippen molar-refractivity contribution in [3.8, 4) is 23.1 Å². The zero-order valence-electron chi connectivity index (χ0n) is 19.5. The number of carbonyl (C=O) groups excluding carboxylic acids is 1. The first-order valence-electron chi connectivity index (χ1n) is 10.7. The number of nitrogens with one attached hydrogen (secondary N) is 1. The van der Waals surface area contributed by atoms with E-state index in [-0.39, 0.29) is 17.3 Å². The SMILES string of the molecule is CCOc1ccc(CNC(=O)[C@@H](C)Oc2ccc(=O)n(-c3ccc(C)c(C)c3)n2)cc1OC. The number of benzene rings is 2. The molecule has 0 aliphatic rings. The normalized spacial score (nSPS) is 11.5. The highest BCUT2D eigenvalue weighted by atomic mass is 16.5. The van der Waals surface area contributed by atoms with Gasteiger partial charge in [0.1, 0.15) is 0 Å². The first-order valence-corrected chi connectivity index (χ1v) is 10.7. The Kier molecular flexibility index (Phi) is 7.71. The molecule has 1 aromatic heterocycles. The van der Waals surface area contributed by atoms with Crippen molar-refractivity contribution < 1.29 is 19.0 Å². The molecule has 1 atom stereocenters. The minimum atomic E-state index is -0.812. The van der Waals surface area contributed by atoms with Crippen molar-refractivity contribution in [1.29, 1.82) is 0 Å². The van der Waals surface area contributed by atoms with E-state index in [1.807, 2.05) is 57.2 Å². The van der Waals surface area contributed by atoms with Crippen LogP contribution in [0.3, 0.4) is 0 Å². The van der Waals surface area contributed by atoms with Crippen LogP contribution >= 0.6 is 0 Å². The second kappa shape index (κ2) is 10.7. The van der Waals surface area contributed by atoms with Crippen LogP contribution in [-0.2, 0) is 11.3 Å². The lowest BCUT2D eigenvalue weighted by Gasteiger charge is -2.16. The Morgan fingerprint density at radius 3 is 2.55 bits per heavy atom. The van der Waals surface area contributed by atoms with Crippen molar-refractivity contribution in [3.63, 3.8) is 0 Å². The van der Waals surface area contributed by atoms with E-state index in [4.69, 9.17) is 14.2 Å². The van der Waals surface area contributed by atoms with E-state index >= 15 is 0 Å². The zero-order valence-corrected chi connectivity index (χ0v) is 19.5. The van der Waals surface area contributed by atoms with Gasteiger partial charge in [-0.15, -0.1) is 5.10 Å². The number of aryl methyl sites for hydroxylation is 2. The first kappa shape index (κ1) is 23.8. The fourth-order valence-corrected chi connectivity index (χ4v) is 3.16. The van der Waals surface area contributed by atoms with Gasteiger partial charge in [0.05, 0.1) is 19.4 Å². The molecule has 0 saturated heterocycles. The number of nitrogens with zero attached hydrogens (tertiary/aromatic N) is 2. The molecule has 174 valence electrons. The van der Waals surface area contributed by atoms with Gasteiger partial charge in [-0.05, 0) is 68.7 Å². The van der Waals surface area contributed by atoms with Gasteiger partial charge >= 0.3 is 0 Å². The topological polar surface area (TPSA) is 91.7 Å². The summed E-state index contributed by atoms with van der Waals surface area (Å²) in [5, 5.41) is 7.11. The van der Waals surface area contributed by atoms with E-state index in [9.17, 15) is 9.59 Å². The fourth-order valence-electron chi connectivity index (χ4n) is 3.16. The molecule has 1 N–H and O–H groups in total. The maximum absolute atomic E-state index is 12.6. The maximum Gasteiger partial charge on any atom is 0.271 e. The third kappa shape index (κ3) is 5.91. The summed E-state index contributed by atoms with van der Waals surface area (Å²) in [6.07, 6.45) is -0.812. The van der Waals surface area contributed by atoms with Gasteiger partial charge in [-0.3, -0.25) is 9.59 Å². The van der Waals surface area contributed by atoms with Gasteiger partial charge in [0, 0.05) is 18.7 Å². The largest absolute Gasteiger partial charge is 0.493 e. The molecule has 1 heterocycles. The van der Waals surface area contributed by atoms with Crippen LogP contribution in [0.5, 0.6) is 17.4 Å². The minimum absolute atomic E-state index is 0.179. The summed E-state index contributed by atoms with van der Waals surface area (Å²) in [6, 6.07) is 14.0. The van der Waals surface area contributed by atoms with Crippen molar-refractivity contribution >= 4 is 5.91 Å². The number of ether oxygens (including phenoxy) is 3. The highest BCUT2D eigenvalue weighted by Gasteiger charge is 2.16. The van der Waals surface area contributed by atoms with E-state index in [0.29, 0.717) is 30.3 Å². The second-order valence-electron chi connectivity index (χ2n) is 7.59. The Hall–Kier alpha value is -3.81. The predicted molar refractivity (Wildman–Crippen MR) is 125 cm³/mol. The maximum atomic E-state index is 12.6. The number of methoxy groups -OCH3 is 1. The molecule has 1 amide bonds. The van der Waals surface area contributed by atoms with Gasteiger partial charge < -0.3 is 19.5 Å². The van der Waals surface area contributed by atoms with Crippen LogP contribution in [0.4, 0.5) is 0 Å². The van der Waals surface area contributed by atoms with Gasteiger partial charge in [0.25, 0.3) is 11.5 Å². The third-order valence-electron chi connectivity index (χ3n) is 5.17. The smallest absolute Gasteiger partial charge is 0.271 e. The highest BCUT2D eigenvalue weighted by Crippen LogP contribution is 2.28. The summed E-state index contributed by atoms with van der Waals surface area (Å²) >= 11 is 0. The zero-order chi connectivity index (χ0) is 24.0. The molecule has 0 aliphatic heterocycles. The standard InChI is InChI=1S/C25H29N3O5/c1-6-32-21-10-8-19(14-22(21)31-5)15-26-25(30)18(4)33-23-11-12-24(29)28(27-23)20-9-7-16(2)17(3)13-20/h7-14,18H,6,15H2,1-5H3,(H,26,30)/t18-/m1/s1. The molecule has 0 bridgehead atoms. The second-order valence-corrected chi connectivity index (χ2v) is 7.59. The summed E-state index contributed by atoms with van der Waals surface area (Å²) in [5.41, 5.74) is 3.38. The first-order chi connectivity index (χ1) is 15.8. The van der Waals surface area contributed by atoms with Crippen molar-refractivity contribution in [3.05, 3.63) is 75.6 Å². The lowest BCUT2D eigenvalue weighted by molar-refractivity contribution is -0.127. The quantitative estimate of drug-likeness (QED) is 0.537. The van der Waals surface area contributed by atoms with Crippen molar-refractivity contribution in [2.45, 2.75) is 40.3 Å². The molecule has 0 fully saturated rings. The fraction of sp³-hybridized carbons (Fsp3) is 0.320. The summed E-state index contributed by atoms with van der Waals surface area (Å²) < 4.78 is 17.8. The lowest BCUT2D eigenvalue weighted by Crippen LogP contribution is -2.36. The summed E-state index contributed by atoms with van der Waals surface area (Å²) in [6.45, 7) is 8.32. The number of hydrogen-bond donors (Lipinski definition) is 1. The van der Waals surface area contributed by atoms with Gasteiger partial charge in [-0.2, -0.15) is 4.68 Å². The molecule has 0 radical (unpaired) electrons. The van der Waals surface area contributed by atoms with Crippen LogP contribution in [0.2, 0.25) is 0 Å². The average Bonchev–Trinajstić information content (AvgIpc) is 2.81. The molecule has 33 heavy (non-hydrogen) atoms. The van der Waals surface area contributed by atoms with E-state index < -0.39 is 6.10 Å². The number of carbonyl (C=O) groups is 1. The van der Waals surface area contributed by atoms with E-state index in [1.165, 1.54) is 16.8 Å². The molecular weight excluding hydrogens is 422 g/mol. The Morgan fingerprint density at radius 1 is 1.06 bits per heavy atom. The summed E-state index contributed by atoms with van der Waals surface area (Å²) in [7, 11) is 1.57. The number of amides is 1. The van der Waals surface area contributed by atoms with E-state index in [2.05, 4.69) is 10.4 Å². The van der Waals surface area contributed by atoms with Crippen molar-refractivity contribution in [2.75, 3.05) is 13.7 Å². The van der Waals surface area contributed by atoms with Crippen molar-refractivity contribution in [2.24, 2.45) is 0 Å². The van der Waals surface area contributed by atoms with Gasteiger partial charge in [0.15, 0.2) is 17.6 Å². The highest BCUT2D eigenvalue weighted by molar-refractivity contribution is 5.80. The van der Waals surface area contributed by atoms with Crippen LogP contribution in [0.25, 0.3) is 5.69 Å². The van der Waals surface area contributed by atoms with Crippen LogP contribution in [0.1, 0.15) is 30.5 Å². The third-order valence-corrected chi connectivity index (χ3v) is 5.17. The number of rotatable bonds is 9. The Bertz CT molecular complexity index is 1190. The summed E-state index contributed by atoms with van der Waals surface area (Å²) in [4.78, 5) is 24.9. The van der Waals surface area contributed by atoms with E-state index in [0.717, 1.165) is 16.7 Å². The van der Waals surface area contributed by atoms with Crippen LogP contribution in [-0.4, -0.2) is 35.5 Å². The number of aromatic nitrogens is 2. The van der Waals surface area contributed by atoms with Gasteiger partial charge in [0.2, 0.25) is 5.88 Å². The number of hydrogen-bond acceptors (Lipinski definition) is 6. The molecule has 0 spiro atoms. The molecule has 3 rings (SSSR count). The summed E-state index contributed by atoms with van der Waals surface area (Å²) in [5.74, 6) is 1.12. The molecule has 0 unspecified atom stereocenters. The Balaban J connectivity index is 1.66. The molecule has 0 aliphatic carbocycles. The van der Waals surface area contributed by atoms with Crippen LogP contribution < -0.4 is 25.1 Å². The average molecular weight is 452 g/mol. The molecule has 8 heteroatoms. The van der Waals surface area contributed by atoms with Gasteiger partial charge in [-0.25, -0.2) is 0 Å².